The molecule has 0 heterocycles. The van der Waals surface area contributed by atoms with Crippen LogP contribution in [0.5, 0.6) is 5.75 Å². The van der Waals surface area contributed by atoms with Crippen LogP contribution in [0.4, 0.5) is 4.79 Å². The summed E-state index contributed by atoms with van der Waals surface area (Å²) in [6, 6.07) is 11.9. The highest BCUT2D eigenvalue weighted by Crippen LogP contribution is 2.30. The number of hydrogen-bond acceptors (Lipinski definition) is 5. The van der Waals surface area contributed by atoms with E-state index in [1.807, 2.05) is 31.2 Å². The van der Waals surface area contributed by atoms with Crippen LogP contribution in [0.3, 0.4) is 0 Å². The summed E-state index contributed by atoms with van der Waals surface area (Å²) in [4.78, 5) is 44.0. The van der Waals surface area contributed by atoms with Gasteiger partial charge in [0.2, 0.25) is 11.8 Å². The van der Waals surface area contributed by atoms with Crippen LogP contribution in [0.2, 0.25) is 0 Å². The fraction of sp³-hybridized carbons (Fsp3) is 0.541. The lowest BCUT2D eigenvalue weighted by Crippen LogP contribution is -2.57. The summed E-state index contributed by atoms with van der Waals surface area (Å²) in [7, 11) is 0. The zero-order valence-electron chi connectivity index (χ0n) is 28.0. The summed E-state index contributed by atoms with van der Waals surface area (Å²) < 4.78 is 5.57. The van der Waals surface area contributed by atoms with Gasteiger partial charge in [-0.1, -0.05) is 76.1 Å². The number of phenols is 1. The van der Waals surface area contributed by atoms with Gasteiger partial charge in [0, 0.05) is 18.5 Å². The molecule has 246 valence electrons. The van der Waals surface area contributed by atoms with Crippen molar-refractivity contribution in [2.75, 3.05) is 0 Å². The predicted molar refractivity (Wildman–Crippen MR) is 180 cm³/mol. The van der Waals surface area contributed by atoms with Gasteiger partial charge in [0.05, 0.1) is 0 Å². The Labute approximate surface area is 269 Å². The third-order valence-electron chi connectivity index (χ3n) is 8.20. The minimum Gasteiger partial charge on any atom is -0.508 e. The van der Waals surface area contributed by atoms with E-state index in [1.165, 1.54) is 0 Å². The standard InChI is InChI=1S/C37H53N3O5/c1-8-27-13-12-14-29(23-27)33(34(42)38-30-15-10-9-11-16-30)40(26(4)18-17-25(2)3)35(43)32(39-36(44)45-37(5,6)7)24-28-19-21-31(41)22-20-28/h8,12-14,19-23,25-26,30,32-33,41H,1,9-11,15-18,24H2,2-7H3,(H,38,42)(H,39,44). The SMILES string of the molecule is C=Cc1cccc(C(C(=O)NC2CCCCC2)N(C(=O)C(Cc2ccc(O)cc2)NC(=O)OC(C)(C)C)C(C)CCC(C)C)c1. The summed E-state index contributed by atoms with van der Waals surface area (Å²) in [5.74, 6) is -0.102. The summed E-state index contributed by atoms with van der Waals surface area (Å²) in [5, 5.41) is 16.0. The maximum absolute atomic E-state index is 14.9. The summed E-state index contributed by atoms with van der Waals surface area (Å²) in [6.07, 6.45) is 7.79. The first-order chi connectivity index (χ1) is 21.3. The van der Waals surface area contributed by atoms with E-state index in [0.717, 1.165) is 49.7 Å². The van der Waals surface area contributed by atoms with Crippen LogP contribution in [0, 0.1) is 5.92 Å². The molecular weight excluding hydrogens is 566 g/mol. The van der Waals surface area contributed by atoms with E-state index < -0.39 is 23.8 Å². The van der Waals surface area contributed by atoms with Crippen molar-refractivity contribution in [3.05, 3.63) is 71.8 Å². The molecule has 1 aliphatic rings. The monoisotopic (exact) mass is 619 g/mol. The van der Waals surface area contributed by atoms with E-state index >= 15 is 0 Å². The normalized spacial score (nSPS) is 15.9. The Bertz CT molecular complexity index is 1280. The van der Waals surface area contributed by atoms with Crippen LogP contribution in [-0.4, -0.2) is 51.6 Å². The van der Waals surface area contributed by atoms with Crippen LogP contribution >= 0.6 is 0 Å². The number of aromatic hydroxyl groups is 1. The lowest BCUT2D eigenvalue weighted by Gasteiger charge is -2.39. The number of rotatable bonds is 13. The third-order valence-corrected chi connectivity index (χ3v) is 8.20. The van der Waals surface area contributed by atoms with E-state index in [-0.39, 0.29) is 36.1 Å². The zero-order chi connectivity index (χ0) is 33.1. The van der Waals surface area contributed by atoms with E-state index in [4.69, 9.17) is 4.74 Å². The van der Waals surface area contributed by atoms with Crippen LogP contribution in [0.25, 0.3) is 6.08 Å². The van der Waals surface area contributed by atoms with Crippen molar-refractivity contribution in [2.45, 2.75) is 123 Å². The Hall–Kier alpha value is -3.81. The number of amides is 3. The van der Waals surface area contributed by atoms with E-state index in [1.54, 1.807) is 56.0 Å². The number of alkyl carbamates (subject to hydrolysis) is 1. The van der Waals surface area contributed by atoms with Crippen molar-refractivity contribution < 1.29 is 24.2 Å². The lowest BCUT2D eigenvalue weighted by molar-refractivity contribution is -0.145. The van der Waals surface area contributed by atoms with Gasteiger partial charge >= 0.3 is 6.09 Å². The van der Waals surface area contributed by atoms with Gasteiger partial charge in [-0.2, -0.15) is 0 Å². The highest BCUT2D eigenvalue weighted by atomic mass is 16.6. The Kier molecular flexibility index (Phi) is 13.1. The van der Waals surface area contributed by atoms with Crippen molar-refractivity contribution in [3.8, 4) is 5.75 Å². The molecule has 0 spiro atoms. The molecule has 1 fully saturated rings. The van der Waals surface area contributed by atoms with E-state index in [2.05, 4.69) is 31.1 Å². The van der Waals surface area contributed by atoms with Crippen LogP contribution < -0.4 is 10.6 Å². The number of benzene rings is 2. The van der Waals surface area contributed by atoms with Crippen LogP contribution in [0.15, 0.2) is 55.1 Å². The first kappa shape index (κ1) is 35.7. The molecule has 3 N–H and O–H groups in total. The number of hydrogen-bond donors (Lipinski definition) is 3. The number of nitrogens with zero attached hydrogens (tertiary/aromatic N) is 1. The topological polar surface area (TPSA) is 108 Å². The van der Waals surface area contributed by atoms with Crippen LogP contribution in [-0.2, 0) is 20.7 Å². The molecule has 2 aromatic rings. The Balaban J connectivity index is 2.11. The Morgan fingerprint density at radius 2 is 1.69 bits per heavy atom. The van der Waals surface area contributed by atoms with Gasteiger partial charge in [-0.15, -0.1) is 0 Å². The van der Waals surface area contributed by atoms with Crippen molar-refractivity contribution in [2.24, 2.45) is 5.92 Å². The minimum atomic E-state index is -1.03. The minimum absolute atomic E-state index is 0.0481. The third kappa shape index (κ3) is 11.2. The Morgan fingerprint density at radius 3 is 2.29 bits per heavy atom. The fourth-order valence-corrected chi connectivity index (χ4v) is 5.83. The van der Waals surface area contributed by atoms with Gasteiger partial charge in [0.25, 0.3) is 0 Å². The largest absolute Gasteiger partial charge is 0.508 e. The molecule has 3 atom stereocenters. The first-order valence-electron chi connectivity index (χ1n) is 16.4. The van der Waals surface area contributed by atoms with Crippen LogP contribution in [0.1, 0.15) is 109 Å². The summed E-state index contributed by atoms with van der Waals surface area (Å²) in [5.41, 5.74) is 1.51. The second-order valence-corrected chi connectivity index (χ2v) is 13.8. The second-order valence-electron chi connectivity index (χ2n) is 13.8. The molecule has 3 unspecified atom stereocenters. The maximum Gasteiger partial charge on any atom is 0.408 e. The van der Waals surface area contributed by atoms with Gasteiger partial charge in [0.15, 0.2) is 0 Å². The molecule has 1 saturated carbocycles. The van der Waals surface area contributed by atoms with Gasteiger partial charge in [-0.05, 0) is 94.2 Å². The van der Waals surface area contributed by atoms with Gasteiger partial charge in [0.1, 0.15) is 23.4 Å². The maximum atomic E-state index is 14.9. The molecule has 8 heteroatoms. The van der Waals surface area contributed by atoms with Gasteiger partial charge in [-0.25, -0.2) is 4.79 Å². The molecule has 45 heavy (non-hydrogen) atoms. The number of phenolic OH excluding ortho intramolecular Hbond substituents is 1. The highest BCUT2D eigenvalue weighted by Gasteiger charge is 2.39. The number of carbonyl (C=O) groups is 3. The molecule has 3 rings (SSSR count). The molecule has 1 aliphatic carbocycles. The zero-order valence-corrected chi connectivity index (χ0v) is 28.0. The summed E-state index contributed by atoms with van der Waals surface area (Å²) in [6.45, 7) is 15.5. The average molecular weight is 620 g/mol. The first-order valence-corrected chi connectivity index (χ1v) is 16.4. The second kappa shape index (κ2) is 16.5. The fourth-order valence-electron chi connectivity index (χ4n) is 5.83. The Morgan fingerprint density at radius 1 is 1.02 bits per heavy atom. The van der Waals surface area contributed by atoms with E-state index in [9.17, 15) is 19.5 Å². The quantitative estimate of drug-likeness (QED) is 0.218. The molecule has 2 aromatic carbocycles. The average Bonchev–Trinajstić information content (AvgIpc) is 2.98. The molecule has 0 aromatic heterocycles. The van der Waals surface area contributed by atoms with E-state index in [0.29, 0.717) is 17.9 Å². The molecule has 0 aliphatic heterocycles. The summed E-state index contributed by atoms with van der Waals surface area (Å²) >= 11 is 0. The number of carbonyl (C=O) groups excluding carboxylic acids is 3. The molecule has 3 amide bonds. The van der Waals surface area contributed by atoms with Gasteiger partial charge in [-0.3, -0.25) is 9.59 Å². The number of nitrogens with one attached hydrogen (secondary N) is 2. The highest BCUT2D eigenvalue weighted by molar-refractivity contribution is 5.92. The predicted octanol–water partition coefficient (Wildman–Crippen LogP) is 7.31. The number of ether oxygens (including phenoxy) is 1. The molecule has 0 radical (unpaired) electrons. The van der Waals surface area contributed by atoms with Gasteiger partial charge < -0.3 is 25.4 Å². The smallest absolute Gasteiger partial charge is 0.408 e. The van der Waals surface area contributed by atoms with Crippen molar-refractivity contribution in [1.82, 2.24) is 15.5 Å². The molecule has 0 saturated heterocycles. The molecular formula is C37H53N3O5. The molecule has 0 bridgehead atoms. The van der Waals surface area contributed by atoms with Crippen molar-refractivity contribution >= 4 is 24.0 Å². The van der Waals surface area contributed by atoms with Crippen molar-refractivity contribution in [1.29, 1.82) is 0 Å². The molecule has 8 nitrogen and oxygen atoms in total. The lowest BCUT2D eigenvalue weighted by atomic mass is 9.93. The van der Waals surface area contributed by atoms with Crippen molar-refractivity contribution in [3.63, 3.8) is 0 Å².